The van der Waals surface area contributed by atoms with Crippen LogP contribution in [-0.4, -0.2) is 34.1 Å². The zero-order valence-corrected chi connectivity index (χ0v) is 14.2. The predicted molar refractivity (Wildman–Crippen MR) is 95.4 cm³/mol. The molecule has 1 aromatic heterocycles. The number of hydrogen-bond acceptors (Lipinski definition) is 4. The molecule has 0 saturated heterocycles. The molecule has 0 bridgehead atoms. The van der Waals surface area contributed by atoms with Gasteiger partial charge in [-0.15, -0.1) is 0 Å². The normalized spacial score (nSPS) is 11.1. The fourth-order valence-electron chi connectivity index (χ4n) is 2.50. The lowest BCUT2D eigenvalue weighted by Crippen LogP contribution is -2.27. The molecule has 3 rings (SSSR count). The van der Waals surface area contributed by atoms with Gasteiger partial charge >= 0.3 is 5.97 Å². The Morgan fingerprint density at radius 2 is 1.84 bits per heavy atom. The van der Waals surface area contributed by atoms with E-state index in [1.807, 2.05) is 25.8 Å². The molecule has 6 heteroatoms. The number of nitrogens with zero attached hydrogens (tertiary/aromatic N) is 3. The van der Waals surface area contributed by atoms with E-state index >= 15 is 0 Å². The van der Waals surface area contributed by atoms with Gasteiger partial charge < -0.3 is 10.0 Å². The minimum atomic E-state index is -1.03. The maximum Gasteiger partial charge on any atom is 0.335 e. The van der Waals surface area contributed by atoms with Crippen molar-refractivity contribution in [3.63, 3.8) is 0 Å². The van der Waals surface area contributed by atoms with E-state index in [0.29, 0.717) is 28.1 Å². The highest BCUT2D eigenvalue weighted by atomic mass is 19.1. The molecule has 0 unspecified atom stereocenters. The molecule has 0 amide bonds. The number of fused-ring (bicyclic) bond motifs is 1. The molecular formula is C19H18FN3O2. The third-order valence-corrected chi connectivity index (χ3v) is 4.13. The summed E-state index contributed by atoms with van der Waals surface area (Å²) in [4.78, 5) is 22.3. The van der Waals surface area contributed by atoms with Crippen molar-refractivity contribution in [2.24, 2.45) is 0 Å². The standard InChI is InChI=1S/C19H18FN3O2/c1-11(2)23(3)18-17(13-6-4-5-7-14(13)20)21-15-9-8-12(19(24)25)10-16(15)22-18/h4-11H,1-3H3,(H,24,25). The Kier molecular flexibility index (Phi) is 4.35. The number of carboxylic acids is 1. The Labute approximate surface area is 144 Å². The van der Waals surface area contributed by atoms with Crippen molar-refractivity contribution in [1.82, 2.24) is 9.97 Å². The van der Waals surface area contributed by atoms with E-state index in [0.717, 1.165) is 0 Å². The summed E-state index contributed by atoms with van der Waals surface area (Å²) in [6, 6.07) is 11.1. The molecule has 0 spiro atoms. The summed E-state index contributed by atoms with van der Waals surface area (Å²) in [5.74, 6) is -0.896. The van der Waals surface area contributed by atoms with Crippen LogP contribution >= 0.6 is 0 Å². The molecule has 5 nitrogen and oxygen atoms in total. The average molecular weight is 339 g/mol. The highest BCUT2D eigenvalue weighted by Gasteiger charge is 2.19. The first-order chi connectivity index (χ1) is 11.9. The van der Waals surface area contributed by atoms with Crippen molar-refractivity contribution in [2.75, 3.05) is 11.9 Å². The average Bonchev–Trinajstić information content (AvgIpc) is 2.59. The Bertz CT molecular complexity index is 957. The first kappa shape index (κ1) is 16.8. The third-order valence-electron chi connectivity index (χ3n) is 4.13. The lowest BCUT2D eigenvalue weighted by Gasteiger charge is -2.25. The van der Waals surface area contributed by atoms with Gasteiger partial charge in [-0.1, -0.05) is 12.1 Å². The summed E-state index contributed by atoms with van der Waals surface area (Å²) in [7, 11) is 1.85. The van der Waals surface area contributed by atoms with Gasteiger partial charge in [0.2, 0.25) is 0 Å². The number of rotatable bonds is 4. The molecule has 1 heterocycles. The lowest BCUT2D eigenvalue weighted by atomic mass is 10.1. The van der Waals surface area contributed by atoms with E-state index in [4.69, 9.17) is 0 Å². The number of benzene rings is 2. The van der Waals surface area contributed by atoms with Crippen molar-refractivity contribution < 1.29 is 14.3 Å². The molecule has 2 aromatic carbocycles. The van der Waals surface area contributed by atoms with Crippen LogP contribution in [0.25, 0.3) is 22.3 Å². The molecule has 0 aliphatic heterocycles. The van der Waals surface area contributed by atoms with E-state index in [-0.39, 0.29) is 17.4 Å². The van der Waals surface area contributed by atoms with Crippen molar-refractivity contribution in [2.45, 2.75) is 19.9 Å². The van der Waals surface area contributed by atoms with E-state index in [9.17, 15) is 14.3 Å². The van der Waals surface area contributed by atoms with Gasteiger partial charge in [0.05, 0.1) is 16.6 Å². The number of aromatic carboxylic acids is 1. The van der Waals surface area contributed by atoms with E-state index < -0.39 is 5.97 Å². The van der Waals surface area contributed by atoms with Gasteiger partial charge in [-0.25, -0.2) is 19.2 Å². The molecule has 128 valence electrons. The highest BCUT2D eigenvalue weighted by molar-refractivity contribution is 5.93. The van der Waals surface area contributed by atoms with Crippen LogP contribution in [0.3, 0.4) is 0 Å². The summed E-state index contributed by atoms with van der Waals surface area (Å²) < 4.78 is 14.3. The molecule has 0 saturated carbocycles. The first-order valence-corrected chi connectivity index (χ1v) is 7.91. The zero-order valence-electron chi connectivity index (χ0n) is 14.2. The number of anilines is 1. The van der Waals surface area contributed by atoms with E-state index in [2.05, 4.69) is 9.97 Å². The SMILES string of the molecule is CC(C)N(C)c1nc2cc(C(=O)O)ccc2nc1-c1ccccc1F. The van der Waals surface area contributed by atoms with Crippen LogP contribution in [0.15, 0.2) is 42.5 Å². The topological polar surface area (TPSA) is 66.3 Å². The van der Waals surface area contributed by atoms with Crippen LogP contribution in [0.1, 0.15) is 24.2 Å². The minimum absolute atomic E-state index is 0.111. The fraction of sp³-hybridized carbons (Fsp3) is 0.211. The summed E-state index contributed by atoms with van der Waals surface area (Å²) >= 11 is 0. The molecular weight excluding hydrogens is 321 g/mol. The molecule has 0 atom stereocenters. The van der Waals surface area contributed by atoms with Crippen LogP contribution in [0.4, 0.5) is 10.2 Å². The monoisotopic (exact) mass is 339 g/mol. The first-order valence-electron chi connectivity index (χ1n) is 7.91. The van der Waals surface area contributed by atoms with Gasteiger partial charge in [0.15, 0.2) is 5.82 Å². The van der Waals surface area contributed by atoms with Crippen molar-refractivity contribution in [3.05, 3.63) is 53.8 Å². The number of carboxylic acid groups (broad SMARTS) is 1. The van der Waals surface area contributed by atoms with Gasteiger partial charge in [-0.3, -0.25) is 0 Å². The zero-order chi connectivity index (χ0) is 18.1. The van der Waals surface area contributed by atoms with Gasteiger partial charge in [0.1, 0.15) is 11.5 Å². The Balaban J connectivity index is 2.30. The minimum Gasteiger partial charge on any atom is -0.478 e. The Hall–Kier alpha value is -3.02. The number of halogens is 1. The van der Waals surface area contributed by atoms with E-state index in [1.54, 1.807) is 24.3 Å². The molecule has 1 N–H and O–H groups in total. The van der Waals surface area contributed by atoms with Crippen LogP contribution in [0.2, 0.25) is 0 Å². The largest absolute Gasteiger partial charge is 0.478 e. The number of hydrogen-bond donors (Lipinski definition) is 1. The van der Waals surface area contributed by atoms with Crippen LogP contribution in [0, 0.1) is 5.82 Å². The second-order valence-electron chi connectivity index (χ2n) is 6.09. The molecule has 0 fully saturated rings. The van der Waals surface area contributed by atoms with Crippen LogP contribution in [0.5, 0.6) is 0 Å². The van der Waals surface area contributed by atoms with Gasteiger partial charge in [-0.2, -0.15) is 0 Å². The Morgan fingerprint density at radius 1 is 1.12 bits per heavy atom. The maximum atomic E-state index is 14.3. The molecule has 25 heavy (non-hydrogen) atoms. The third kappa shape index (κ3) is 3.15. The second-order valence-corrected chi connectivity index (χ2v) is 6.09. The van der Waals surface area contributed by atoms with Gasteiger partial charge in [0.25, 0.3) is 0 Å². The van der Waals surface area contributed by atoms with Crippen molar-refractivity contribution in [3.8, 4) is 11.3 Å². The number of carbonyl (C=O) groups is 1. The molecule has 3 aromatic rings. The van der Waals surface area contributed by atoms with Crippen molar-refractivity contribution >= 4 is 22.8 Å². The quantitative estimate of drug-likeness (QED) is 0.779. The Morgan fingerprint density at radius 3 is 2.48 bits per heavy atom. The van der Waals surface area contributed by atoms with Crippen LogP contribution in [-0.2, 0) is 0 Å². The molecule has 0 aliphatic rings. The van der Waals surface area contributed by atoms with Gasteiger partial charge in [0, 0.05) is 18.7 Å². The smallest absolute Gasteiger partial charge is 0.335 e. The summed E-state index contributed by atoms with van der Waals surface area (Å²) in [6.07, 6.45) is 0. The highest BCUT2D eigenvalue weighted by Crippen LogP contribution is 2.31. The lowest BCUT2D eigenvalue weighted by molar-refractivity contribution is 0.0697. The van der Waals surface area contributed by atoms with Crippen LogP contribution < -0.4 is 4.90 Å². The summed E-state index contributed by atoms with van der Waals surface area (Å²) in [5, 5.41) is 9.17. The molecule has 0 aliphatic carbocycles. The maximum absolute atomic E-state index is 14.3. The second kappa shape index (κ2) is 6.47. The fourth-order valence-corrected chi connectivity index (χ4v) is 2.50. The predicted octanol–water partition coefficient (Wildman–Crippen LogP) is 3.98. The van der Waals surface area contributed by atoms with Crippen molar-refractivity contribution in [1.29, 1.82) is 0 Å². The van der Waals surface area contributed by atoms with E-state index in [1.165, 1.54) is 18.2 Å². The summed E-state index contributed by atoms with van der Waals surface area (Å²) in [5.41, 5.74) is 1.91. The molecule has 0 radical (unpaired) electrons. The van der Waals surface area contributed by atoms with Gasteiger partial charge in [-0.05, 0) is 44.2 Å². The number of aromatic nitrogens is 2. The summed E-state index contributed by atoms with van der Waals surface area (Å²) in [6.45, 7) is 3.98.